The summed E-state index contributed by atoms with van der Waals surface area (Å²) < 4.78 is 5.20. The van der Waals surface area contributed by atoms with Crippen molar-refractivity contribution in [1.82, 2.24) is 0 Å². The minimum absolute atomic E-state index is 0.0708. The van der Waals surface area contributed by atoms with Gasteiger partial charge in [-0.05, 0) is 36.6 Å². The molecule has 0 radical (unpaired) electrons. The molecule has 21 heavy (non-hydrogen) atoms. The van der Waals surface area contributed by atoms with Crippen molar-refractivity contribution in [2.24, 2.45) is 0 Å². The molecule has 0 saturated heterocycles. The second-order valence-electron chi connectivity index (χ2n) is 5.11. The van der Waals surface area contributed by atoms with Gasteiger partial charge >= 0.3 is 0 Å². The molecule has 1 aliphatic heterocycles. The third kappa shape index (κ3) is 2.33. The Labute approximate surface area is 124 Å². The number of carbonyl (C=O) groups is 1. The molecule has 4 nitrogen and oxygen atoms in total. The first kappa shape index (κ1) is 13.5. The van der Waals surface area contributed by atoms with Crippen LogP contribution in [0.1, 0.15) is 22.3 Å². The summed E-state index contributed by atoms with van der Waals surface area (Å²) in [6.07, 6.45) is 1.97. The largest absolute Gasteiger partial charge is 0.495 e. The van der Waals surface area contributed by atoms with Gasteiger partial charge in [-0.1, -0.05) is 24.3 Å². The maximum atomic E-state index is 12.8. The Morgan fingerprint density at radius 1 is 1.19 bits per heavy atom. The third-order valence-electron chi connectivity index (χ3n) is 3.87. The summed E-state index contributed by atoms with van der Waals surface area (Å²) in [6.45, 7) is 0.715. The van der Waals surface area contributed by atoms with Crippen LogP contribution in [-0.4, -0.2) is 19.6 Å². The molecule has 2 aromatic carbocycles. The lowest BCUT2D eigenvalue weighted by molar-refractivity contribution is 0.0985. The summed E-state index contributed by atoms with van der Waals surface area (Å²) in [5.74, 6) is 0.463. The predicted molar refractivity (Wildman–Crippen MR) is 83.8 cm³/mol. The number of nitrogens with zero attached hydrogens (tertiary/aromatic N) is 1. The number of nitrogen functional groups attached to an aromatic ring is 1. The lowest BCUT2D eigenvalue weighted by Crippen LogP contribution is -2.35. The molecule has 1 amide bonds. The van der Waals surface area contributed by atoms with E-state index in [-0.39, 0.29) is 5.91 Å². The summed E-state index contributed by atoms with van der Waals surface area (Å²) in [6, 6.07) is 13.3. The number of methoxy groups -OCH3 is 1. The molecule has 0 fully saturated rings. The number of aryl methyl sites for hydroxylation is 1. The fraction of sp³-hybridized carbons (Fsp3) is 0.235. The molecule has 0 aliphatic carbocycles. The molecule has 108 valence electrons. The van der Waals surface area contributed by atoms with Crippen LogP contribution in [0.2, 0.25) is 0 Å². The fourth-order valence-corrected chi connectivity index (χ4v) is 2.80. The van der Waals surface area contributed by atoms with E-state index in [1.54, 1.807) is 25.3 Å². The molecule has 0 unspecified atom stereocenters. The number of nitrogens with two attached hydrogens (primary N) is 1. The summed E-state index contributed by atoms with van der Waals surface area (Å²) in [5.41, 5.74) is 9.13. The van der Waals surface area contributed by atoms with Crippen LogP contribution < -0.4 is 15.4 Å². The molecule has 2 aromatic rings. The summed E-state index contributed by atoms with van der Waals surface area (Å²) in [7, 11) is 1.55. The third-order valence-corrected chi connectivity index (χ3v) is 3.87. The first-order valence-electron chi connectivity index (χ1n) is 7.04. The Morgan fingerprint density at radius 2 is 2.00 bits per heavy atom. The molecule has 0 aromatic heterocycles. The number of benzene rings is 2. The van der Waals surface area contributed by atoms with Crippen molar-refractivity contribution in [1.29, 1.82) is 0 Å². The minimum atomic E-state index is -0.0708. The highest BCUT2D eigenvalue weighted by molar-refractivity contribution is 6.10. The second-order valence-corrected chi connectivity index (χ2v) is 5.11. The number of amides is 1. The van der Waals surface area contributed by atoms with Gasteiger partial charge in [-0.2, -0.15) is 0 Å². The lowest BCUT2D eigenvalue weighted by atomic mass is 10.0. The van der Waals surface area contributed by atoms with E-state index in [0.717, 1.165) is 18.5 Å². The SMILES string of the molecule is COc1cccc(C(=O)N2CCCc3ccccc32)c1N. The van der Waals surface area contributed by atoms with Gasteiger partial charge in [-0.3, -0.25) is 4.79 Å². The number of ether oxygens (including phenoxy) is 1. The second kappa shape index (κ2) is 5.48. The lowest BCUT2D eigenvalue weighted by Gasteiger charge is -2.30. The van der Waals surface area contributed by atoms with E-state index in [1.165, 1.54) is 5.56 Å². The maximum Gasteiger partial charge on any atom is 0.260 e. The quantitative estimate of drug-likeness (QED) is 0.862. The van der Waals surface area contributed by atoms with E-state index >= 15 is 0 Å². The van der Waals surface area contributed by atoms with Gasteiger partial charge in [0.05, 0.1) is 18.4 Å². The van der Waals surface area contributed by atoms with Crippen molar-refractivity contribution in [3.05, 3.63) is 53.6 Å². The minimum Gasteiger partial charge on any atom is -0.495 e. The molecule has 0 saturated carbocycles. The Hall–Kier alpha value is -2.49. The van der Waals surface area contributed by atoms with Crippen LogP contribution in [0.25, 0.3) is 0 Å². The van der Waals surface area contributed by atoms with Crippen LogP contribution in [0, 0.1) is 0 Å². The Balaban J connectivity index is 2.01. The number of rotatable bonds is 2. The number of hydrogen-bond donors (Lipinski definition) is 1. The molecule has 1 heterocycles. The van der Waals surface area contributed by atoms with Gasteiger partial charge in [0.15, 0.2) is 0 Å². The van der Waals surface area contributed by atoms with Crippen LogP contribution >= 0.6 is 0 Å². The molecule has 1 aliphatic rings. The first-order chi connectivity index (χ1) is 10.2. The average Bonchev–Trinajstić information content (AvgIpc) is 2.54. The van der Waals surface area contributed by atoms with Crippen molar-refractivity contribution in [3.8, 4) is 5.75 Å². The van der Waals surface area contributed by atoms with E-state index < -0.39 is 0 Å². The van der Waals surface area contributed by atoms with Crippen LogP contribution in [-0.2, 0) is 6.42 Å². The Kier molecular flexibility index (Phi) is 3.52. The van der Waals surface area contributed by atoms with Gasteiger partial charge in [0.2, 0.25) is 0 Å². The first-order valence-corrected chi connectivity index (χ1v) is 7.04. The van der Waals surface area contributed by atoms with Gasteiger partial charge in [0.25, 0.3) is 5.91 Å². The molecule has 2 N–H and O–H groups in total. The van der Waals surface area contributed by atoms with Crippen molar-refractivity contribution < 1.29 is 9.53 Å². The zero-order valence-electron chi connectivity index (χ0n) is 12.0. The molecule has 0 atom stereocenters. The van der Waals surface area contributed by atoms with Crippen LogP contribution in [0.4, 0.5) is 11.4 Å². The molecule has 4 heteroatoms. The maximum absolute atomic E-state index is 12.8. The molecular formula is C17H18N2O2. The zero-order chi connectivity index (χ0) is 14.8. The van der Waals surface area contributed by atoms with Crippen molar-refractivity contribution in [3.63, 3.8) is 0 Å². The summed E-state index contributed by atoms with van der Waals surface area (Å²) in [4.78, 5) is 14.7. The smallest absolute Gasteiger partial charge is 0.260 e. The fourth-order valence-electron chi connectivity index (χ4n) is 2.80. The normalized spacial score (nSPS) is 13.7. The van der Waals surface area contributed by atoms with Crippen molar-refractivity contribution in [2.75, 3.05) is 24.3 Å². The number of para-hydroxylation sites is 2. The predicted octanol–water partition coefficient (Wildman–Crippen LogP) is 2.87. The van der Waals surface area contributed by atoms with Crippen molar-refractivity contribution >= 4 is 17.3 Å². The zero-order valence-corrected chi connectivity index (χ0v) is 12.0. The van der Waals surface area contributed by atoms with Crippen LogP contribution in [0.15, 0.2) is 42.5 Å². The van der Waals surface area contributed by atoms with Gasteiger partial charge in [0.1, 0.15) is 5.75 Å². The Bertz CT molecular complexity index is 682. The topological polar surface area (TPSA) is 55.6 Å². The van der Waals surface area contributed by atoms with Gasteiger partial charge in [-0.15, -0.1) is 0 Å². The molecular weight excluding hydrogens is 264 g/mol. The average molecular weight is 282 g/mol. The van der Waals surface area contributed by atoms with E-state index in [4.69, 9.17) is 10.5 Å². The van der Waals surface area contributed by atoms with E-state index in [1.807, 2.05) is 23.1 Å². The monoisotopic (exact) mass is 282 g/mol. The standard InChI is InChI=1S/C17H18N2O2/c1-21-15-10-4-8-13(16(15)18)17(20)19-11-5-7-12-6-2-3-9-14(12)19/h2-4,6,8-10H,5,7,11,18H2,1H3. The summed E-state index contributed by atoms with van der Waals surface area (Å²) in [5, 5.41) is 0. The highest BCUT2D eigenvalue weighted by Crippen LogP contribution is 2.31. The molecule has 3 rings (SSSR count). The van der Waals surface area contributed by atoms with E-state index in [0.29, 0.717) is 23.5 Å². The van der Waals surface area contributed by atoms with Gasteiger partial charge < -0.3 is 15.4 Å². The highest BCUT2D eigenvalue weighted by atomic mass is 16.5. The van der Waals surface area contributed by atoms with E-state index in [9.17, 15) is 4.79 Å². The number of anilines is 2. The molecule has 0 bridgehead atoms. The van der Waals surface area contributed by atoms with Crippen molar-refractivity contribution in [2.45, 2.75) is 12.8 Å². The van der Waals surface area contributed by atoms with Crippen LogP contribution in [0.3, 0.4) is 0 Å². The number of hydrogen-bond acceptors (Lipinski definition) is 3. The highest BCUT2D eigenvalue weighted by Gasteiger charge is 2.25. The summed E-state index contributed by atoms with van der Waals surface area (Å²) >= 11 is 0. The number of carbonyl (C=O) groups excluding carboxylic acids is 1. The molecule has 0 spiro atoms. The van der Waals surface area contributed by atoms with Crippen LogP contribution in [0.5, 0.6) is 5.75 Å². The number of fused-ring (bicyclic) bond motifs is 1. The van der Waals surface area contributed by atoms with E-state index in [2.05, 4.69) is 6.07 Å². The Morgan fingerprint density at radius 3 is 2.81 bits per heavy atom. The van der Waals surface area contributed by atoms with Gasteiger partial charge in [0, 0.05) is 12.2 Å². The van der Waals surface area contributed by atoms with Gasteiger partial charge in [-0.25, -0.2) is 0 Å².